The average molecular weight is 366 g/mol. The van der Waals surface area contributed by atoms with E-state index in [1.54, 1.807) is 12.0 Å². The lowest BCUT2D eigenvalue weighted by molar-refractivity contribution is -0.126. The van der Waals surface area contributed by atoms with Gasteiger partial charge in [-0.15, -0.1) is 0 Å². The summed E-state index contributed by atoms with van der Waals surface area (Å²) >= 11 is 0. The predicted molar refractivity (Wildman–Crippen MR) is 105 cm³/mol. The van der Waals surface area contributed by atoms with Gasteiger partial charge in [0.15, 0.2) is 0 Å². The van der Waals surface area contributed by atoms with Crippen molar-refractivity contribution in [3.8, 4) is 5.75 Å². The van der Waals surface area contributed by atoms with Crippen molar-refractivity contribution in [2.45, 2.75) is 26.3 Å². The number of ether oxygens (including phenoxy) is 1. The van der Waals surface area contributed by atoms with Gasteiger partial charge < -0.3 is 15.0 Å². The van der Waals surface area contributed by atoms with Crippen molar-refractivity contribution in [1.82, 2.24) is 10.2 Å². The molecule has 0 aromatic heterocycles. The molecule has 2 aromatic rings. The van der Waals surface area contributed by atoms with E-state index in [-0.39, 0.29) is 17.7 Å². The third-order valence-corrected chi connectivity index (χ3v) is 4.97. The highest BCUT2D eigenvalue weighted by Gasteiger charge is 2.28. The molecule has 0 aliphatic carbocycles. The fourth-order valence-electron chi connectivity index (χ4n) is 3.41. The van der Waals surface area contributed by atoms with E-state index in [4.69, 9.17) is 4.74 Å². The largest absolute Gasteiger partial charge is 0.497 e. The maximum absolute atomic E-state index is 12.7. The molecule has 1 N–H and O–H groups in total. The molecular formula is C22H26N2O3. The fraction of sp³-hybridized carbons (Fsp3) is 0.364. The summed E-state index contributed by atoms with van der Waals surface area (Å²) in [5.74, 6) is 0.646. The number of nitrogens with one attached hydrogen (secondary N) is 1. The van der Waals surface area contributed by atoms with E-state index in [1.807, 2.05) is 55.5 Å². The Bertz CT molecular complexity index is 801. The number of nitrogens with zero attached hydrogens (tertiary/aromatic N) is 1. The highest BCUT2D eigenvalue weighted by atomic mass is 16.5. The second-order valence-corrected chi connectivity index (χ2v) is 7.03. The molecule has 2 amide bonds. The van der Waals surface area contributed by atoms with E-state index in [2.05, 4.69) is 5.32 Å². The summed E-state index contributed by atoms with van der Waals surface area (Å²) in [7, 11) is 1.63. The van der Waals surface area contributed by atoms with Gasteiger partial charge in [0.2, 0.25) is 5.91 Å². The summed E-state index contributed by atoms with van der Waals surface area (Å²) in [4.78, 5) is 27.1. The van der Waals surface area contributed by atoms with Crippen LogP contribution in [-0.4, -0.2) is 36.9 Å². The molecule has 0 spiro atoms. The van der Waals surface area contributed by atoms with Crippen molar-refractivity contribution < 1.29 is 14.3 Å². The van der Waals surface area contributed by atoms with Crippen LogP contribution in [0.5, 0.6) is 5.75 Å². The summed E-state index contributed by atoms with van der Waals surface area (Å²) in [5, 5.41) is 3.00. The molecule has 2 aromatic carbocycles. The first-order chi connectivity index (χ1) is 13.1. The quantitative estimate of drug-likeness (QED) is 0.884. The Hall–Kier alpha value is -2.82. The summed E-state index contributed by atoms with van der Waals surface area (Å²) in [6, 6.07) is 15.2. The SMILES string of the molecule is COc1ccc(CNC(=O)[C@@H]2CCCN(C(=O)c3cccc(C)c3)C2)cc1. The van der Waals surface area contributed by atoms with Crippen LogP contribution in [0.1, 0.15) is 34.3 Å². The Balaban J connectivity index is 1.56. The van der Waals surface area contributed by atoms with E-state index < -0.39 is 0 Å². The first kappa shape index (κ1) is 19.0. The minimum Gasteiger partial charge on any atom is -0.497 e. The van der Waals surface area contributed by atoms with Gasteiger partial charge in [-0.25, -0.2) is 0 Å². The molecule has 1 aliphatic rings. The summed E-state index contributed by atoms with van der Waals surface area (Å²) < 4.78 is 5.14. The van der Waals surface area contributed by atoms with Crippen molar-refractivity contribution in [3.63, 3.8) is 0 Å². The fourth-order valence-corrected chi connectivity index (χ4v) is 3.41. The van der Waals surface area contributed by atoms with Crippen molar-refractivity contribution in [1.29, 1.82) is 0 Å². The molecular weight excluding hydrogens is 340 g/mol. The molecule has 1 fully saturated rings. The molecule has 0 saturated carbocycles. The van der Waals surface area contributed by atoms with Crippen LogP contribution in [0.15, 0.2) is 48.5 Å². The maximum atomic E-state index is 12.7. The Kier molecular flexibility index (Phi) is 6.12. The Morgan fingerprint density at radius 1 is 1.19 bits per heavy atom. The number of piperidine rings is 1. The number of carbonyl (C=O) groups is 2. The minimum absolute atomic E-state index is 0.00588. The number of carbonyl (C=O) groups excluding carboxylic acids is 2. The van der Waals surface area contributed by atoms with Crippen molar-refractivity contribution in [2.24, 2.45) is 5.92 Å². The number of hydrogen-bond acceptors (Lipinski definition) is 3. The molecule has 1 saturated heterocycles. The van der Waals surface area contributed by atoms with E-state index in [0.717, 1.165) is 29.7 Å². The van der Waals surface area contributed by atoms with Gasteiger partial charge in [0.1, 0.15) is 5.75 Å². The summed E-state index contributed by atoms with van der Waals surface area (Å²) in [5.41, 5.74) is 2.77. The van der Waals surface area contributed by atoms with Crippen molar-refractivity contribution in [2.75, 3.05) is 20.2 Å². The van der Waals surface area contributed by atoms with Crippen LogP contribution in [0.3, 0.4) is 0 Å². The molecule has 1 aliphatic heterocycles. The van der Waals surface area contributed by atoms with Gasteiger partial charge in [-0.3, -0.25) is 9.59 Å². The molecule has 5 heteroatoms. The standard InChI is InChI=1S/C22H26N2O3/c1-16-5-3-6-18(13-16)22(26)24-12-4-7-19(15-24)21(25)23-14-17-8-10-20(27-2)11-9-17/h3,5-6,8-11,13,19H,4,7,12,14-15H2,1-2H3,(H,23,25)/t19-/m1/s1. The van der Waals surface area contributed by atoms with Crippen LogP contribution in [0.4, 0.5) is 0 Å². The molecule has 3 rings (SSSR count). The average Bonchev–Trinajstić information content (AvgIpc) is 2.72. The first-order valence-electron chi connectivity index (χ1n) is 9.33. The second kappa shape index (κ2) is 8.71. The van der Waals surface area contributed by atoms with Crippen LogP contribution >= 0.6 is 0 Å². The third kappa shape index (κ3) is 4.88. The Morgan fingerprint density at radius 3 is 2.67 bits per heavy atom. The van der Waals surface area contributed by atoms with Gasteiger partial charge in [0.05, 0.1) is 13.0 Å². The van der Waals surface area contributed by atoms with Crippen molar-refractivity contribution >= 4 is 11.8 Å². The van der Waals surface area contributed by atoms with E-state index in [1.165, 1.54) is 0 Å². The zero-order chi connectivity index (χ0) is 19.2. The minimum atomic E-state index is -0.161. The third-order valence-electron chi connectivity index (χ3n) is 4.97. The van der Waals surface area contributed by atoms with Crippen LogP contribution < -0.4 is 10.1 Å². The number of aryl methyl sites for hydroxylation is 1. The lowest BCUT2D eigenvalue weighted by atomic mass is 9.96. The van der Waals surface area contributed by atoms with Crippen LogP contribution in [0.25, 0.3) is 0 Å². The lowest BCUT2D eigenvalue weighted by Gasteiger charge is -2.32. The molecule has 0 unspecified atom stereocenters. The number of methoxy groups -OCH3 is 1. The van der Waals surface area contributed by atoms with Gasteiger partial charge in [-0.05, 0) is 49.6 Å². The first-order valence-corrected chi connectivity index (χ1v) is 9.33. The molecule has 142 valence electrons. The molecule has 0 bridgehead atoms. The highest BCUT2D eigenvalue weighted by molar-refractivity contribution is 5.95. The molecule has 1 atom stereocenters. The number of hydrogen-bond donors (Lipinski definition) is 1. The molecule has 0 radical (unpaired) electrons. The predicted octanol–water partition coefficient (Wildman–Crippen LogP) is 3.17. The van der Waals surface area contributed by atoms with Gasteiger partial charge in [-0.2, -0.15) is 0 Å². The van der Waals surface area contributed by atoms with Crippen LogP contribution in [0.2, 0.25) is 0 Å². The lowest BCUT2D eigenvalue weighted by Crippen LogP contribution is -2.45. The molecule has 5 nitrogen and oxygen atoms in total. The van der Waals surface area contributed by atoms with Gasteiger partial charge in [-0.1, -0.05) is 29.8 Å². The van der Waals surface area contributed by atoms with Gasteiger partial charge in [0.25, 0.3) is 5.91 Å². The van der Waals surface area contributed by atoms with E-state index in [9.17, 15) is 9.59 Å². The Labute approximate surface area is 160 Å². The van der Waals surface area contributed by atoms with Gasteiger partial charge >= 0.3 is 0 Å². The number of likely N-dealkylation sites (tertiary alicyclic amines) is 1. The molecule has 1 heterocycles. The van der Waals surface area contributed by atoms with Crippen molar-refractivity contribution in [3.05, 3.63) is 65.2 Å². The summed E-state index contributed by atoms with van der Waals surface area (Å²) in [6.45, 7) is 3.63. The number of benzene rings is 2. The number of amides is 2. The second-order valence-electron chi connectivity index (χ2n) is 7.03. The zero-order valence-electron chi connectivity index (χ0n) is 15.9. The van der Waals surface area contributed by atoms with Crippen LogP contribution in [0, 0.1) is 12.8 Å². The van der Waals surface area contributed by atoms with E-state index in [0.29, 0.717) is 25.2 Å². The number of rotatable bonds is 5. The Morgan fingerprint density at radius 2 is 1.96 bits per heavy atom. The normalized spacial score (nSPS) is 16.7. The molecule has 27 heavy (non-hydrogen) atoms. The topological polar surface area (TPSA) is 58.6 Å². The zero-order valence-corrected chi connectivity index (χ0v) is 15.9. The maximum Gasteiger partial charge on any atom is 0.253 e. The van der Waals surface area contributed by atoms with Crippen LogP contribution in [-0.2, 0) is 11.3 Å². The highest BCUT2D eigenvalue weighted by Crippen LogP contribution is 2.20. The van der Waals surface area contributed by atoms with Gasteiger partial charge in [0, 0.05) is 25.2 Å². The smallest absolute Gasteiger partial charge is 0.253 e. The monoisotopic (exact) mass is 366 g/mol. The van der Waals surface area contributed by atoms with E-state index >= 15 is 0 Å². The summed E-state index contributed by atoms with van der Waals surface area (Å²) in [6.07, 6.45) is 1.66.